The van der Waals surface area contributed by atoms with Crippen molar-refractivity contribution in [3.8, 4) is 0 Å². The Balaban J connectivity index is 2.29. The molecule has 1 N–H and O–H groups in total. The van der Waals surface area contributed by atoms with E-state index in [1.54, 1.807) is 0 Å². The number of carbonyl (C=O) groups excluding carboxylic acids is 2. The van der Waals surface area contributed by atoms with Gasteiger partial charge in [-0.1, -0.05) is 30.3 Å². The summed E-state index contributed by atoms with van der Waals surface area (Å²) in [5.41, 5.74) is 0.908. The normalized spacial score (nSPS) is 21.7. The Hall–Kier alpha value is -1.64. The molecule has 1 atom stereocenters. The highest BCUT2D eigenvalue weighted by molar-refractivity contribution is 6.40. The number of amides is 1. The molecule has 0 spiro atoms. The summed E-state index contributed by atoms with van der Waals surface area (Å²) in [6, 6.07) is 9.35. The molecule has 1 amide bonds. The second-order valence-corrected chi connectivity index (χ2v) is 3.04. The maximum absolute atomic E-state index is 11.3. The maximum atomic E-state index is 11.3. The molecule has 0 aliphatic carbocycles. The molecule has 3 nitrogen and oxygen atoms in total. The molecule has 0 saturated carbocycles. The molecule has 1 saturated heterocycles. The van der Waals surface area contributed by atoms with Crippen LogP contribution in [0.1, 0.15) is 11.5 Å². The summed E-state index contributed by atoms with van der Waals surface area (Å²) in [7, 11) is 0. The highest BCUT2D eigenvalue weighted by atomic mass is 16.2. The zero-order valence-electron chi connectivity index (χ0n) is 6.99. The predicted molar refractivity (Wildman–Crippen MR) is 47.2 cm³/mol. The van der Waals surface area contributed by atoms with Crippen molar-refractivity contribution in [1.82, 2.24) is 5.32 Å². The third kappa shape index (κ3) is 1.33. The molecule has 1 aromatic carbocycles. The average molecular weight is 175 g/mol. The summed E-state index contributed by atoms with van der Waals surface area (Å²) in [6.45, 7) is 0.432. The van der Waals surface area contributed by atoms with Crippen LogP contribution in [0.25, 0.3) is 0 Å². The summed E-state index contributed by atoms with van der Waals surface area (Å²) >= 11 is 0. The van der Waals surface area contributed by atoms with Gasteiger partial charge in [0.25, 0.3) is 5.91 Å². The number of carbonyl (C=O) groups is 2. The van der Waals surface area contributed by atoms with E-state index in [0.717, 1.165) is 5.56 Å². The van der Waals surface area contributed by atoms with Crippen molar-refractivity contribution in [2.75, 3.05) is 6.54 Å². The topological polar surface area (TPSA) is 46.2 Å². The molecule has 3 heteroatoms. The Morgan fingerprint density at radius 3 is 2.38 bits per heavy atom. The standard InChI is InChI=1S/C10H9NO2/c12-9-8(6-11-10(9)13)7-4-2-1-3-5-7/h1-5,8H,6H2,(H,11,13). The minimum Gasteiger partial charge on any atom is -0.348 e. The molecule has 13 heavy (non-hydrogen) atoms. The molecule has 1 aromatic rings. The molecule has 1 unspecified atom stereocenters. The van der Waals surface area contributed by atoms with Gasteiger partial charge < -0.3 is 5.32 Å². The van der Waals surface area contributed by atoms with Gasteiger partial charge in [0, 0.05) is 6.54 Å². The fourth-order valence-corrected chi connectivity index (χ4v) is 1.49. The Labute approximate surface area is 75.8 Å². The molecule has 1 heterocycles. The van der Waals surface area contributed by atoms with Crippen molar-refractivity contribution < 1.29 is 9.59 Å². The maximum Gasteiger partial charge on any atom is 0.288 e. The van der Waals surface area contributed by atoms with E-state index in [1.807, 2.05) is 30.3 Å². The quantitative estimate of drug-likeness (QED) is 0.630. The fourth-order valence-electron chi connectivity index (χ4n) is 1.49. The van der Waals surface area contributed by atoms with Crippen LogP contribution in [-0.2, 0) is 9.59 Å². The number of hydrogen-bond donors (Lipinski definition) is 1. The molecule has 2 rings (SSSR count). The van der Waals surface area contributed by atoms with Gasteiger partial charge in [-0.05, 0) is 5.56 Å². The lowest BCUT2D eigenvalue weighted by Crippen LogP contribution is -2.18. The molecule has 1 fully saturated rings. The van der Waals surface area contributed by atoms with E-state index in [-0.39, 0.29) is 11.7 Å². The molecule has 1 aliphatic heterocycles. The van der Waals surface area contributed by atoms with Gasteiger partial charge in [-0.25, -0.2) is 0 Å². The molecule has 66 valence electrons. The monoisotopic (exact) mass is 175 g/mol. The molecular formula is C10H9NO2. The van der Waals surface area contributed by atoms with E-state index in [1.165, 1.54) is 0 Å². The Morgan fingerprint density at radius 1 is 1.15 bits per heavy atom. The Bertz CT molecular complexity index is 345. The van der Waals surface area contributed by atoms with Crippen LogP contribution < -0.4 is 5.32 Å². The van der Waals surface area contributed by atoms with Crippen LogP contribution in [0.2, 0.25) is 0 Å². The zero-order valence-corrected chi connectivity index (χ0v) is 6.99. The second-order valence-electron chi connectivity index (χ2n) is 3.04. The molecule has 0 aromatic heterocycles. The van der Waals surface area contributed by atoms with E-state index in [9.17, 15) is 9.59 Å². The van der Waals surface area contributed by atoms with Gasteiger partial charge in [0.1, 0.15) is 0 Å². The van der Waals surface area contributed by atoms with Crippen LogP contribution in [0.3, 0.4) is 0 Å². The SMILES string of the molecule is O=C1NCC(c2ccccc2)C1=O. The number of hydrogen-bond acceptors (Lipinski definition) is 2. The van der Waals surface area contributed by atoms with Crippen molar-refractivity contribution in [2.24, 2.45) is 0 Å². The van der Waals surface area contributed by atoms with Crippen LogP contribution in [0.4, 0.5) is 0 Å². The summed E-state index contributed by atoms with van der Waals surface area (Å²) in [4.78, 5) is 22.2. The first-order valence-corrected chi connectivity index (χ1v) is 4.16. The number of benzene rings is 1. The van der Waals surface area contributed by atoms with Crippen molar-refractivity contribution in [2.45, 2.75) is 5.92 Å². The molecular weight excluding hydrogens is 166 g/mol. The lowest BCUT2D eigenvalue weighted by atomic mass is 9.97. The summed E-state index contributed by atoms with van der Waals surface area (Å²) in [6.07, 6.45) is 0. The molecule has 0 radical (unpaired) electrons. The van der Waals surface area contributed by atoms with Crippen molar-refractivity contribution in [1.29, 1.82) is 0 Å². The van der Waals surface area contributed by atoms with Crippen molar-refractivity contribution in [3.63, 3.8) is 0 Å². The van der Waals surface area contributed by atoms with E-state index < -0.39 is 5.91 Å². The number of ketones is 1. The first-order chi connectivity index (χ1) is 6.29. The van der Waals surface area contributed by atoms with E-state index in [2.05, 4.69) is 5.32 Å². The number of Topliss-reactive ketones (excluding diaryl/α,β-unsaturated/α-hetero) is 1. The van der Waals surface area contributed by atoms with Crippen LogP contribution in [0.5, 0.6) is 0 Å². The largest absolute Gasteiger partial charge is 0.348 e. The minimum atomic E-state index is -0.464. The summed E-state index contributed by atoms with van der Waals surface area (Å²) < 4.78 is 0. The zero-order chi connectivity index (χ0) is 9.26. The van der Waals surface area contributed by atoms with Gasteiger partial charge in [0.05, 0.1) is 5.92 Å². The van der Waals surface area contributed by atoms with Crippen LogP contribution in [0, 0.1) is 0 Å². The van der Waals surface area contributed by atoms with E-state index in [4.69, 9.17) is 0 Å². The van der Waals surface area contributed by atoms with E-state index in [0.29, 0.717) is 6.54 Å². The highest BCUT2D eigenvalue weighted by Gasteiger charge is 2.32. The lowest BCUT2D eigenvalue weighted by molar-refractivity contribution is -0.135. The third-order valence-electron chi connectivity index (χ3n) is 2.21. The summed E-state index contributed by atoms with van der Waals surface area (Å²) in [5.74, 6) is -1.08. The fraction of sp³-hybridized carbons (Fsp3) is 0.200. The van der Waals surface area contributed by atoms with E-state index >= 15 is 0 Å². The van der Waals surface area contributed by atoms with Gasteiger partial charge in [0.2, 0.25) is 5.78 Å². The van der Waals surface area contributed by atoms with Crippen molar-refractivity contribution in [3.05, 3.63) is 35.9 Å². The third-order valence-corrected chi connectivity index (χ3v) is 2.21. The second kappa shape index (κ2) is 3.01. The van der Waals surface area contributed by atoms with Gasteiger partial charge in [0.15, 0.2) is 0 Å². The van der Waals surface area contributed by atoms with Crippen LogP contribution in [-0.4, -0.2) is 18.2 Å². The Kier molecular flexibility index (Phi) is 1.85. The van der Waals surface area contributed by atoms with Gasteiger partial charge in [-0.3, -0.25) is 9.59 Å². The lowest BCUT2D eigenvalue weighted by Gasteiger charge is -2.04. The van der Waals surface area contributed by atoms with Crippen molar-refractivity contribution >= 4 is 11.7 Å². The predicted octanol–water partition coefficient (Wildman–Crippen LogP) is 0.469. The average Bonchev–Trinajstić information content (AvgIpc) is 2.49. The highest BCUT2D eigenvalue weighted by Crippen LogP contribution is 2.19. The Morgan fingerprint density at radius 2 is 1.85 bits per heavy atom. The molecule has 1 aliphatic rings. The number of rotatable bonds is 1. The summed E-state index contributed by atoms with van der Waals surface area (Å²) in [5, 5.41) is 2.53. The first-order valence-electron chi connectivity index (χ1n) is 4.16. The van der Waals surface area contributed by atoms with Crippen LogP contribution in [0.15, 0.2) is 30.3 Å². The molecule has 0 bridgehead atoms. The minimum absolute atomic E-state index is 0.284. The van der Waals surface area contributed by atoms with Crippen LogP contribution >= 0.6 is 0 Å². The smallest absolute Gasteiger partial charge is 0.288 e. The first kappa shape index (κ1) is 7.98. The van der Waals surface area contributed by atoms with Gasteiger partial charge in [-0.2, -0.15) is 0 Å². The van der Waals surface area contributed by atoms with Gasteiger partial charge >= 0.3 is 0 Å². The number of nitrogens with one attached hydrogen (secondary N) is 1. The van der Waals surface area contributed by atoms with Gasteiger partial charge in [-0.15, -0.1) is 0 Å².